The first kappa shape index (κ1) is 29.3. The monoisotopic (exact) mass is 531 g/mol. The second kappa shape index (κ2) is 13.7. The molecule has 0 heterocycles. The first-order valence-corrected chi connectivity index (χ1v) is 4.07. The van der Waals surface area contributed by atoms with E-state index in [-0.39, 0.29) is 105 Å². The molecule has 0 fully saturated rings. The van der Waals surface area contributed by atoms with E-state index in [2.05, 4.69) is 13.8 Å². The minimum atomic E-state index is -1.52. The summed E-state index contributed by atoms with van der Waals surface area (Å²) < 4.78 is 10.5. The molecule has 0 aliphatic carbocycles. The maximum Gasteiger partial charge on any atom is 0.0232 e. The molecule has 3 radical (unpaired) electrons. The molecule has 0 saturated heterocycles. The molecule has 0 rings (SSSR count). The van der Waals surface area contributed by atoms with Gasteiger partial charge in [-0.3, -0.25) is 0 Å². The van der Waals surface area contributed by atoms with Crippen molar-refractivity contribution in [2.75, 3.05) is 6.66 Å². The first-order chi connectivity index (χ1) is 2.94. The molecule has 11 heavy (non-hydrogen) atoms. The maximum absolute atomic E-state index is 10.5. The Kier molecular flexibility index (Phi) is 36.6. The van der Waals surface area contributed by atoms with Gasteiger partial charge in [0.2, 0.25) is 0 Å². The minimum Gasteiger partial charge on any atom is -0.360 e. The Morgan fingerprint density at radius 1 is 1.27 bits per heavy atom. The Morgan fingerprint density at radius 2 is 1.36 bits per heavy atom. The number of rotatable bonds is 1. The van der Waals surface area contributed by atoms with Gasteiger partial charge in [-0.05, 0) is 6.66 Å². The van der Waals surface area contributed by atoms with Crippen molar-refractivity contribution in [2.45, 2.75) is 12.1 Å². The largest absolute Gasteiger partial charge is 0.360 e. The molecule has 0 bridgehead atoms. The van der Waals surface area contributed by atoms with Crippen molar-refractivity contribution in [3.8, 4) is 0 Å². The number of hydrogen-bond donors (Lipinski definition) is 0. The second-order valence-corrected chi connectivity index (χ2v) is 4.44. The predicted molar refractivity (Wildman–Crippen MR) is 34.0 cm³/mol. The third kappa shape index (κ3) is 19.9. The molecule has 0 aliphatic rings. The number of hydrogen-bond acceptors (Lipinski definition) is 1. The van der Waals surface area contributed by atoms with Crippen molar-refractivity contribution < 1.29 is 110 Å². The molecule has 0 aromatic rings. The van der Waals surface area contributed by atoms with Crippen LogP contribution in [-0.4, -0.2) is 11.8 Å². The molecule has 61 valence electrons. The topological polar surface area (TPSA) is 17.1 Å². The predicted octanol–water partition coefficient (Wildman–Crippen LogP) is 1.59. The Morgan fingerprint density at radius 3 is 1.36 bits per heavy atom. The van der Waals surface area contributed by atoms with Crippen LogP contribution in [0.4, 0.5) is 0 Å². The smallest absolute Gasteiger partial charge is 0.0232 e. The Labute approximate surface area is 147 Å². The van der Waals surface area contributed by atoms with E-state index < -0.39 is 13.0 Å². The molecule has 0 aromatic carbocycles. The van der Waals surface area contributed by atoms with Gasteiger partial charge in [-0.15, -0.1) is 6.92 Å². The second-order valence-electron chi connectivity index (χ2n) is 2.12. The van der Waals surface area contributed by atoms with E-state index in [4.69, 9.17) is 0 Å². The van der Waals surface area contributed by atoms with Crippen LogP contribution in [0.1, 0.15) is 6.92 Å². The molecule has 1 nitrogen and oxygen atoms in total. The summed E-state index contributed by atoms with van der Waals surface area (Å²) >= 11 is 0. The van der Waals surface area contributed by atoms with Gasteiger partial charge >= 0.3 is 0 Å². The molecular formula is C5H11OPVWY2-2. The van der Waals surface area contributed by atoms with Crippen LogP contribution in [0, 0.1) is 13.8 Å². The van der Waals surface area contributed by atoms with Crippen LogP contribution in [0.15, 0.2) is 0 Å². The Balaban J connectivity index is -0.0000000300. The fourth-order valence-corrected chi connectivity index (χ4v) is 0. The Bertz CT molecular complexity index is 97.0. The molecule has 0 saturated carbocycles. The average molecular weight is 531 g/mol. The van der Waals surface area contributed by atoms with Gasteiger partial charge in [0, 0.05) is 113 Å². The summed E-state index contributed by atoms with van der Waals surface area (Å²) in [5, 5.41) is -0.454. The van der Waals surface area contributed by atoms with Crippen LogP contribution in [0.3, 0.4) is 0 Å². The molecular weight excluding hydrogens is 520 g/mol. The van der Waals surface area contributed by atoms with Gasteiger partial charge in [0.25, 0.3) is 0 Å². The van der Waals surface area contributed by atoms with Crippen LogP contribution >= 0.6 is 7.80 Å². The van der Waals surface area contributed by atoms with E-state index in [9.17, 15) is 4.57 Å². The maximum atomic E-state index is 10.5. The van der Waals surface area contributed by atoms with Gasteiger partial charge in [0.1, 0.15) is 0 Å². The van der Waals surface area contributed by atoms with E-state index in [1.54, 1.807) is 13.6 Å². The van der Waals surface area contributed by atoms with Crippen LogP contribution in [-0.2, 0) is 110 Å². The van der Waals surface area contributed by atoms with Crippen LogP contribution < -0.4 is 0 Å². The van der Waals surface area contributed by atoms with Gasteiger partial charge in [-0.2, -0.15) is 0 Å². The van der Waals surface area contributed by atoms with Gasteiger partial charge in [0.15, 0.2) is 0 Å². The minimum absolute atomic E-state index is 0. The van der Waals surface area contributed by atoms with E-state index >= 15 is 0 Å². The first-order valence-electron chi connectivity index (χ1n) is 2.16. The van der Waals surface area contributed by atoms with Gasteiger partial charge < -0.3 is 18.4 Å². The van der Waals surface area contributed by atoms with Gasteiger partial charge in [0.05, 0.1) is 0 Å². The zero-order chi connectivity index (χ0) is 6.08. The quantitative estimate of drug-likeness (QED) is 0.372. The van der Waals surface area contributed by atoms with Crippen molar-refractivity contribution in [3.05, 3.63) is 13.8 Å². The molecule has 1 atom stereocenters. The third-order valence-corrected chi connectivity index (χ3v) is 2.55. The SMILES string of the molecule is [CH2-]C([CH2-])(C)[PH](C)=O.[V].[W].[Y].[Y]. The van der Waals surface area contributed by atoms with Crippen LogP contribution in [0.2, 0.25) is 0 Å². The average Bonchev–Trinajstić information content (AvgIpc) is 1.31. The summed E-state index contributed by atoms with van der Waals surface area (Å²) in [4.78, 5) is 0. The van der Waals surface area contributed by atoms with E-state index in [1.165, 1.54) is 0 Å². The molecule has 6 heteroatoms. The fourth-order valence-electron chi connectivity index (χ4n) is 0. The molecule has 1 unspecified atom stereocenters. The van der Waals surface area contributed by atoms with Gasteiger partial charge in [-0.25, -0.2) is 5.16 Å². The molecule has 0 N–H and O–H groups in total. The van der Waals surface area contributed by atoms with E-state index in [1.807, 2.05) is 0 Å². The van der Waals surface area contributed by atoms with Crippen LogP contribution in [0.5, 0.6) is 0 Å². The van der Waals surface area contributed by atoms with Crippen molar-refractivity contribution >= 4 is 7.80 Å². The fraction of sp³-hybridized carbons (Fsp3) is 0.600. The third-order valence-electron chi connectivity index (χ3n) is 0.850. The van der Waals surface area contributed by atoms with Crippen molar-refractivity contribution in [1.29, 1.82) is 0 Å². The van der Waals surface area contributed by atoms with Crippen molar-refractivity contribution in [2.24, 2.45) is 0 Å². The standard InChI is InChI=1S/C5H11OP.V.W.2Y/c1-5(2,3)7(4)6;;;;/h7H,1-2H2,3-4H3;;;;/q-2;;;;. The zero-order valence-electron chi connectivity index (χ0n) is 6.83. The molecule has 0 amide bonds. The summed E-state index contributed by atoms with van der Waals surface area (Å²) in [6.07, 6.45) is 0. The Hall–Kier alpha value is 3.71. The summed E-state index contributed by atoms with van der Waals surface area (Å²) in [6.45, 7) is 10.6. The molecule has 0 spiro atoms. The van der Waals surface area contributed by atoms with E-state index in [0.717, 1.165) is 0 Å². The molecule has 0 aliphatic heterocycles. The van der Waals surface area contributed by atoms with Gasteiger partial charge in [-0.1, -0.05) is 0 Å². The summed E-state index contributed by atoms with van der Waals surface area (Å²) in [6, 6.07) is 0. The van der Waals surface area contributed by atoms with Crippen molar-refractivity contribution in [3.63, 3.8) is 0 Å². The summed E-state index contributed by atoms with van der Waals surface area (Å²) in [7, 11) is -1.52. The summed E-state index contributed by atoms with van der Waals surface area (Å²) in [5.74, 6) is 0. The van der Waals surface area contributed by atoms with E-state index in [0.29, 0.717) is 0 Å². The van der Waals surface area contributed by atoms with Crippen molar-refractivity contribution in [1.82, 2.24) is 0 Å². The normalized spacial score (nSPS) is 10.5. The zero-order valence-corrected chi connectivity index (χ0v) is 17.8. The summed E-state index contributed by atoms with van der Waals surface area (Å²) in [5.41, 5.74) is 0. The van der Waals surface area contributed by atoms with Crippen LogP contribution in [0.25, 0.3) is 0 Å². The molecule has 0 aromatic heterocycles.